The highest BCUT2D eigenvalue weighted by Gasteiger charge is 2.07. The van der Waals surface area contributed by atoms with Crippen LogP contribution in [0.1, 0.15) is 16.1 Å². The van der Waals surface area contributed by atoms with Gasteiger partial charge >= 0.3 is 0 Å². The van der Waals surface area contributed by atoms with Gasteiger partial charge in [0.05, 0.1) is 12.6 Å². The van der Waals surface area contributed by atoms with Crippen LogP contribution in [0, 0.1) is 0 Å². The number of amides is 1. The smallest absolute Gasteiger partial charge is 0.247 e. The molecule has 138 valence electrons. The first-order valence-corrected chi connectivity index (χ1v) is 9.15. The molecule has 0 radical (unpaired) electrons. The summed E-state index contributed by atoms with van der Waals surface area (Å²) >= 11 is 7.28. The Hall–Kier alpha value is -2.97. The van der Waals surface area contributed by atoms with E-state index in [1.54, 1.807) is 6.21 Å². The highest BCUT2D eigenvalue weighted by molar-refractivity contribution is 7.15. The number of benzene rings is 2. The topological polar surface area (TPSA) is 102 Å². The van der Waals surface area contributed by atoms with Gasteiger partial charge in [0.1, 0.15) is 17.4 Å². The van der Waals surface area contributed by atoms with E-state index in [-0.39, 0.29) is 12.3 Å². The molecule has 0 atom stereocenters. The summed E-state index contributed by atoms with van der Waals surface area (Å²) in [7, 11) is 0. The van der Waals surface area contributed by atoms with E-state index in [9.17, 15) is 4.79 Å². The van der Waals surface area contributed by atoms with Crippen LogP contribution in [-0.2, 0) is 17.8 Å². The van der Waals surface area contributed by atoms with Crippen molar-refractivity contribution in [2.75, 3.05) is 5.73 Å². The van der Waals surface area contributed by atoms with Crippen molar-refractivity contribution in [2.24, 2.45) is 5.10 Å². The lowest BCUT2D eigenvalue weighted by molar-refractivity contribution is -0.120. The second kappa shape index (κ2) is 9.11. The standard InChI is InChI=1S/C18H16ClN5O2S/c19-15-4-2-1-3-13(15)11-26-14-7-5-12(6-8-14)10-21-22-16(25)9-17-23-24-18(20)27-17/h1-8,10H,9,11H2,(H2,20,24)(H,22,25). The molecular weight excluding hydrogens is 386 g/mol. The Kier molecular flexibility index (Phi) is 6.35. The Labute approximate surface area is 164 Å². The number of ether oxygens (including phenoxy) is 1. The molecule has 27 heavy (non-hydrogen) atoms. The Bertz CT molecular complexity index is 943. The summed E-state index contributed by atoms with van der Waals surface area (Å²) < 4.78 is 5.72. The van der Waals surface area contributed by atoms with Gasteiger partial charge in [0.15, 0.2) is 0 Å². The Balaban J connectivity index is 1.47. The van der Waals surface area contributed by atoms with E-state index in [1.165, 1.54) is 11.3 Å². The maximum absolute atomic E-state index is 11.8. The number of hydrogen-bond donors (Lipinski definition) is 2. The van der Waals surface area contributed by atoms with Crippen molar-refractivity contribution in [1.29, 1.82) is 0 Å². The van der Waals surface area contributed by atoms with Crippen molar-refractivity contribution < 1.29 is 9.53 Å². The van der Waals surface area contributed by atoms with Crippen molar-refractivity contribution in [2.45, 2.75) is 13.0 Å². The zero-order valence-corrected chi connectivity index (χ0v) is 15.7. The summed E-state index contributed by atoms with van der Waals surface area (Å²) in [6, 6.07) is 14.9. The van der Waals surface area contributed by atoms with Crippen LogP contribution in [0.25, 0.3) is 0 Å². The first-order chi connectivity index (χ1) is 13.1. The van der Waals surface area contributed by atoms with Crippen molar-refractivity contribution >= 4 is 40.2 Å². The maximum atomic E-state index is 11.8. The van der Waals surface area contributed by atoms with E-state index in [2.05, 4.69) is 20.7 Å². The minimum atomic E-state index is -0.290. The number of nitrogens with one attached hydrogen (secondary N) is 1. The largest absolute Gasteiger partial charge is 0.489 e. The molecule has 1 amide bonds. The number of halogens is 1. The molecule has 3 rings (SSSR count). The fourth-order valence-corrected chi connectivity index (χ4v) is 2.92. The van der Waals surface area contributed by atoms with Crippen LogP contribution in [0.5, 0.6) is 5.75 Å². The number of rotatable bonds is 7. The molecule has 3 aromatic rings. The number of aromatic nitrogens is 2. The molecule has 0 fully saturated rings. The maximum Gasteiger partial charge on any atom is 0.247 e. The van der Waals surface area contributed by atoms with Crippen LogP contribution in [0.2, 0.25) is 5.02 Å². The Morgan fingerprint density at radius 1 is 1.22 bits per heavy atom. The van der Waals surface area contributed by atoms with Crippen molar-refractivity contribution in [3.63, 3.8) is 0 Å². The van der Waals surface area contributed by atoms with Crippen LogP contribution in [0.15, 0.2) is 53.6 Å². The molecule has 2 aromatic carbocycles. The van der Waals surface area contributed by atoms with Crippen molar-refractivity contribution in [3.05, 3.63) is 69.7 Å². The van der Waals surface area contributed by atoms with Gasteiger partial charge in [-0.15, -0.1) is 10.2 Å². The SMILES string of the molecule is Nc1nnc(CC(=O)NN=Cc2ccc(OCc3ccccc3Cl)cc2)s1. The highest BCUT2D eigenvalue weighted by Crippen LogP contribution is 2.18. The molecule has 0 spiro atoms. The van der Waals surface area contributed by atoms with Crippen LogP contribution in [0.4, 0.5) is 5.13 Å². The first-order valence-electron chi connectivity index (χ1n) is 7.96. The lowest BCUT2D eigenvalue weighted by atomic mass is 10.2. The number of nitrogen functional groups attached to an aromatic ring is 1. The number of carbonyl (C=O) groups excluding carboxylic acids is 1. The van der Waals surface area contributed by atoms with Gasteiger partial charge in [-0.2, -0.15) is 5.10 Å². The molecule has 1 heterocycles. The average Bonchev–Trinajstić information content (AvgIpc) is 3.07. The van der Waals surface area contributed by atoms with E-state index in [0.717, 1.165) is 11.1 Å². The Morgan fingerprint density at radius 2 is 2.00 bits per heavy atom. The van der Waals surface area contributed by atoms with Gasteiger partial charge in [0.25, 0.3) is 0 Å². The fraction of sp³-hybridized carbons (Fsp3) is 0.111. The van der Waals surface area contributed by atoms with Crippen LogP contribution >= 0.6 is 22.9 Å². The molecule has 0 aliphatic heterocycles. The quantitative estimate of drug-likeness (QED) is 0.468. The summed E-state index contributed by atoms with van der Waals surface area (Å²) in [5.41, 5.74) is 9.65. The van der Waals surface area contributed by atoms with Gasteiger partial charge in [0.2, 0.25) is 11.0 Å². The molecule has 1 aromatic heterocycles. The van der Waals surface area contributed by atoms with E-state index >= 15 is 0 Å². The summed E-state index contributed by atoms with van der Waals surface area (Å²) in [5.74, 6) is 0.423. The summed E-state index contributed by atoms with van der Waals surface area (Å²) in [5, 5.41) is 12.9. The van der Waals surface area contributed by atoms with E-state index < -0.39 is 0 Å². The minimum absolute atomic E-state index is 0.0844. The summed E-state index contributed by atoms with van der Waals surface area (Å²) in [4.78, 5) is 11.8. The molecule has 0 saturated heterocycles. The van der Waals surface area contributed by atoms with Crippen molar-refractivity contribution in [3.8, 4) is 5.75 Å². The predicted molar refractivity (Wildman–Crippen MR) is 106 cm³/mol. The lowest BCUT2D eigenvalue weighted by Gasteiger charge is -2.07. The fourth-order valence-electron chi connectivity index (χ4n) is 2.12. The van der Waals surface area contributed by atoms with Crippen LogP contribution in [-0.4, -0.2) is 22.3 Å². The van der Waals surface area contributed by atoms with Crippen LogP contribution in [0.3, 0.4) is 0 Å². The first kappa shape index (κ1) is 18.8. The monoisotopic (exact) mass is 401 g/mol. The third kappa shape index (κ3) is 5.77. The minimum Gasteiger partial charge on any atom is -0.489 e. The van der Waals surface area contributed by atoms with E-state index in [1.807, 2.05) is 48.5 Å². The van der Waals surface area contributed by atoms with Gasteiger partial charge in [-0.1, -0.05) is 41.1 Å². The number of hydrazone groups is 1. The van der Waals surface area contributed by atoms with Gasteiger partial charge in [-0.05, 0) is 35.9 Å². The molecule has 0 aliphatic carbocycles. The molecule has 9 heteroatoms. The molecule has 7 nitrogen and oxygen atoms in total. The van der Waals surface area contributed by atoms with E-state index in [0.29, 0.717) is 27.5 Å². The molecule has 0 bridgehead atoms. The normalized spacial score (nSPS) is 10.9. The highest BCUT2D eigenvalue weighted by atomic mass is 35.5. The molecule has 3 N–H and O–H groups in total. The number of hydrogen-bond acceptors (Lipinski definition) is 7. The second-order valence-corrected chi connectivity index (χ2v) is 6.95. The summed E-state index contributed by atoms with van der Waals surface area (Å²) in [6.07, 6.45) is 1.63. The van der Waals surface area contributed by atoms with Gasteiger partial charge in [-0.25, -0.2) is 5.43 Å². The zero-order valence-electron chi connectivity index (χ0n) is 14.1. The van der Waals surface area contributed by atoms with E-state index in [4.69, 9.17) is 22.1 Å². The van der Waals surface area contributed by atoms with Gasteiger partial charge in [-0.3, -0.25) is 4.79 Å². The summed E-state index contributed by atoms with van der Waals surface area (Å²) in [6.45, 7) is 0.388. The molecular formula is C18H16ClN5O2S. The van der Waals surface area contributed by atoms with Gasteiger partial charge < -0.3 is 10.5 Å². The third-order valence-corrected chi connectivity index (χ3v) is 4.55. The lowest BCUT2D eigenvalue weighted by Crippen LogP contribution is -2.19. The number of nitrogens with zero attached hydrogens (tertiary/aromatic N) is 3. The Morgan fingerprint density at radius 3 is 2.70 bits per heavy atom. The molecule has 0 unspecified atom stereocenters. The molecule has 0 saturated carbocycles. The number of nitrogens with two attached hydrogens (primary N) is 1. The van der Waals surface area contributed by atoms with Crippen LogP contribution < -0.4 is 15.9 Å². The average molecular weight is 402 g/mol. The molecule has 0 aliphatic rings. The number of anilines is 1. The second-order valence-electron chi connectivity index (χ2n) is 5.45. The van der Waals surface area contributed by atoms with Gasteiger partial charge in [0, 0.05) is 10.6 Å². The third-order valence-electron chi connectivity index (χ3n) is 3.43. The number of carbonyl (C=O) groups is 1. The predicted octanol–water partition coefficient (Wildman–Crippen LogP) is 3.05. The zero-order chi connectivity index (χ0) is 19.1. The van der Waals surface area contributed by atoms with Crippen molar-refractivity contribution in [1.82, 2.24) is 15.6 Å².